The Morgan fingerprint density at radius 3 is 3.21 bits per heavy atom. The van der Waals surface area contributed by atoms with E-state index in [9.17, 15) is 4.79 Å². The monoisotopic (exact) mass is 214 g/mol. The van der Waals surface area contributed by atoms with Gasteiger partial charge in [-0.2, -0.15) is 0 Å². The van der Waals surface area contributed by atoms with E-state index >= 15 is 0 Å². The van der Waals surface area contributed by atoms with Crippen molar-refractivity contribution in [3.05, 3.63) is 16.6 Å². The van der Waals surface area contributed by atoms with Crippen molar-refractivity contribution in [2.45, 2.75) is 6.42 Å². The number of nitrogens with zero attached hydrogens (tertiary/aromatic N) is 1. The molecule has 0 bridgehead atoms. The van der Waals surface area contributed by atoms with E-state index in [0.29, 0.717) is 26.1 Å². The molecule has 0 radical (unpaired) electrons. The molecule has 1 aromatic heterocycles. The van der Waals surface area contributed by atoms with Gasteiger partial charge in [-0.1, -0.05) is 0 Å². The highest BCUT2D eigenvalue weighted by atomic mass is 32.1. The van der Waals surface area contributed by atoms with E-state index in [1.54, 1.807) is 13.3 Å². The van der Waals surface area contributed by atoms with Crippen molar-refractivity contribution in [1.29, 1.82) is 0 Å². The normalized spacial score (nSPS) is 10.4. The zero-order chi connectivity index (χ0) is 10.2. The number of methoxy groups -OCH3 is 1. The van der Waals surface area contributed by atoms with Crippen LogP contribution in [-0.4, -0.2) is 37.6 Å². The fourth-order valence-corrected chi connectivity index (χ4v) is 1.62. The number of carbonyl (C=O) groups excluding carboxylic acids is 1. The Kier molecular flexibility index (Phi) is 5.36. The van der Waals surface area contributed by atoms with Gasteiger partial charge in [-0.3, -0.25) is 4.79 Å². The fourth-order valence-electron chi connectivity index (χ4n) is 0.973. The second-order valence-corrected chi connectivity index (χ2v) is 3.79. The zero-order valence-corrected chi connectivity index (χ0v) is 8.97. The first-order chi connectivity index (χ1) is 6.83. The molecule has 1 heterocycles. The van der Waals surface area contributed by atoms with Gasteiger partial charge in [0, 0.05) is 25.2 Å². The molecular formula is C9H14N2O2S. The van der Waals surface area contributed by atoms with Crippen molar-refractivity contribution in [2.24, 2.45) is 0 Å². The standard InChI is InChI=1S/C9H14N2O2S/c1-13-4-2-10-7-8(12)6-9-11-3-5-14-9/h3,5,10H,2,4,6-7H2,1H3. The topological polar surface area (TPSA) is 51.2 Å². The van der Waals surface area contributed by atoms with Gasteiger partial charge < -0.3 is 10.1 Å². The molecule has 0 saturated carbocycles. The summed E-state index contributed by atoms with van der Waals surface area (Å²) in [6, 6.07) is 0. The zero-order valence-electron chi connectivity index (χ0n) is 8.16. The molecule has 1 N–H and O–H groups in total. The predicted octanol–water partition coefficient (Wildman–Crippen LogP) is 0.491. The number of thiazole rings is 1. The summed E-state index contributed by atoms with van der Waals surface area (Å²) in [5.41, 5.74) is 0. The molecule has 0 aromatic carbocycles. The highest BCUT2D eigenvalue weighted by molar-refractivity contribution is 7.09. The molecule has 1 aromatic rings. The highest BCUT2D eigenvalue weighted by Crippen LogP contribution is 2.04. The minimum atomic E-state index is 0.163. The summed E-state index contributed by atoms with van der Waals surface area (Å²) in [6.45, 7) is 1.73. The Morgan fingerprint density at radius 1 is 1.71 bits per heavy atom. The number of aromatic nitrogens is 1. The van der Waals surface area contributed by atoms with E-state index in [1.807, 2.05) is 5.38 Å². The number of carbonyl (C=O) groups is 1. The summed E-state index contributed by atoms with van der Waals surface area (Å²) in [5, 5.41) is 5.76. The maximum absolute atomic E-state index is 11.3. The summed E-state index contributed by atoms with van der Waals surface area (Å²) in [5.74, 6) is 0.163. The lowest BCUT2D eigenvalue weighted by atomic mass is 10.3. The number of ketones is 1. The van der Waals surface area contributed by atoms with Crippen molar-refractivity contribution >= 4 is 17.1 Å². The van der Waals surface area contributed by atoms with Crippen LogP contribution in [0.1, 0.15) is 5.01 Å². The van der Waals surface area contributed by atoms with Crippen molar-refractivity contribution < 1.29 is 9.53 Å². The van der Waals surface area contributed by atoms with Gasteiger partial charge in [0.2, 0.25) is 0 Å². The van der Waals surface area contributed by atoms with Gasteiger partial charge in [-0.15, -0.1) is 11.3 Å². The number of nitrogens with one attached hydrogen (secondary N) is 1. The number of hydrogen-bond acceptors (Lipinski definition) is 5. The molecule has 0 aliphatic rings. The van der Waals surface area contributed by atoms with Crippen molar-refractivity contribution in [1.82, 2.24) is 10.3 Å². The van der Waals surface area contributed by atoms with Gasteiger partial charge in [-0.25, -0.2) is 4.98 Å². The smallest absolute Gasteiger partial charge is 0.153 e. The van der Waals surface area contributed by atoms with Gasteiger partial charge in [-0.05, 0) is 0 Å². The molecule has 0 atom stereocenters. The Morgan fingerprint density at radius 2 is 2.57 bits per heavy atom. The number of Topliss-reactive ketones (excluding diaryl/α,β-unsaturated/α-hetero) is 1. The van der Waals surface area contributed by atoms with Crippen LogP contribution in [0.15, 0.2) is 11.6 Å². The second kappa shape index (κ2) is 6.64. The molecule has 0 fully saturated rings. The van der Waals surface area contributed by atoms with E-state index in [4.69, 9.17) is 4.74 Å². The van der Waals surface area contributed by atoms with Gasteiger partial charge >= 0.3 is 0 Å². The SMILES string of the molecule is COCCNCC(=O)Cc1nccs1. The molecule has 4 nitrogen and oxygen atoms in total. The largest absolute Gasteiger partial charge is 0.383 e. The minimum Gasteiger partial charge on any atom is -0.383 e. The van der Waals surface area contributed by atoms with Crippen LogP contribution in [0.25, 0.3) is 0 Å². The van der Waals surface area contributed by atoms with Crippen molar-refractivity contribution in [2.75, 3.05) is 26.8 Å². The Labute approximate surface area is 87.3 Å². The van der Waals surface area contributed by atoms with Crippen LogP contribution in [0.3, 0.4) is 0 Å². The molecule has 14 heavy (non-hydrogen) atoms. The van der Waals surface area contributed by atoms with Crippen LogP contribution >= 0.6 is 11.3 Å². The third-order valence-corrected chi connectivity index (χ3v) is 2.42. The lowest BCUT2D eigenvalue weighted by Gasteiger charge is -2.01. The number of ether oxygens (including phenoxy) is 1. The fraction of sp³-hybridized carbons (Fsp3) is 0.556. The molecule has 0 saturated heterocycles. The molecule has 78 valence electrons. The average Bonchev–Trinajstić information content (AvgIpc) is 2.65. The first-order valence-electron chi connectivity index (χ1n) is 4.42. The first kappa shape index (κ1) is 11.3. The predicted molar refractivity (Wildman–Crippen MR) is 55.6 cm³/mol. The van der Waals surface area contributed by atoms with Gasteiger partial charge in [0.05, 0.1) is 24.6 Å². The second-order valence-electron chi connectivity index (χ2n) is 2.81. The van der Waals surface area contributed by atoms with E-state index in [-0.39, 0.29) is 5.78 Å². The van der Waals surface area contributed by atoms with E-state index in [2.05, 4.69) is 10.3 Å². The molecule has 0 aliphatic carbocycles. The number of rotatable bonds is 7. The van der Waals surface area contributed by atoms with Gasteiger partial charge in [0.25, 0.3) is 0 Å². The first-order valence-corrected chi connectivity index (χ1v) is 5.30. The molecule has 5 heteroatoms. The molecule has 1 rings (SSSR count). The van der Waals surface area contributed by atoms with Gasteiger partial charge in [0.1, 0.15) is 0 Å². The van der Waals surface area contributed by atoms with Crippen molar-refractivity contribution in [3.63, 3.8) is 0 Å². The maximum atomic E-state index is 11.3. The average molecular weight is 214 g/mol. The third kappa shape index (κ3) is 4.45. The van der Waals surface area contributed by atoms with Crippen LogP contribution in [0, 0.1) is 0 Å². The summed E-state index contributed by atoms with van der Waals surface area (Å²) < 4.78 is 4.85. The molecule has 0 unspecified atom stereocenters. The molecule has 0 amide bonds. The van der Waals surface area contributed by atoms with Crippen LogP contribution < -0.4 is 5.32 Å². The maximum Gasteiger partial charge on any atom is 0.153 e. The molecular weight excluding hydrogens is 200 g/mol. The lowest BCUT2D eigenvalue weighted by Crippen LogP contribution is -2.27. The van der Waals surface area contributed by atoms with E-state index in [1.165, 1.54) is 11.3 Å². The quantitative estimate of drug-likeness (QED) is 0.671. The summed E-state index contributed by atoms with van der Waals surface area (Å²) in [6.07, 6.45) is 2.14. The Hall–Kier alpha value is -0.780. The minimum absolute atomic E-state index is 0.163. The van der Waals surface area contributed by atoms with Crippen LogP contribution in [0.4, 0.5) is 0 Å². The summed E-state index contributed by atoms with van der Waals surface area (Å²) >= 11 is 1.51. The van der Waals surface area contributed by atoms with E-state index in [0.717, 1.165) is 5.01 Å². The third-order valence-electron chi connectivity index (χ3n) is 1.64. The van der Waals surface area contributed by atoms with E-state index < -0.39 is 0 Å². The summed E-state index contributed by atoms with van der Waals surface area (Å²) in [4.78, 5) is 15.4. The van der Waals surface area contributed by atoms with Gasteiger partial charge in [0.15, 0.2) is 5.78 Å². The molecule has 0 aliphatic heterocycles. The van der Waals surface area contributed by atoms with Crippen molar-refractivity contribution in [3.8, 4) is 0 Å². The lowest BCUT2D eigenvalue weighted by molar-refractivity contribution is -0.117. The van der Waals surface area contributed by atoms with Crippen LogP contribution in [-0.2, 0) is 16.0 Å². The Bertz CT molecular complexity index is 262. The Balaban J connectivity index is 2.11. The van der Waals surface area contributed by atoms with Crippen LogP contribution in [0.2, 0.25) is 0 Å². The molecule has 0 spiro atoms. The summed E-state index contributed by atoms with van der Waals surface area (Å²) in [7, 11) is 1.64. The number of hydrogen-bond donors (Lipinski definition) is 1. The van der Waals surface area contributed by atoms with Crippen LogP contribution in [0.5, 0.6) is 0 Å². The highest BCUT2D eigenvalue weighted by Gasteiger charge is 2.04.